The second kappa shape index (κ2) is 4.32. The zero-order valence-electron chi connectivity index (χ0n) is 10.2. The van der Waals surface area contributed by atoms with Crippen molar-refractivity contribution < 1.29 is 10.2 Å². The maximum Gasteiger partial charge on any atom is 0.280 e. The Hall–Kier alpha value is -1.93. The molecule has 102 valence electrons. The number of imidazole rings is 1. The maximum absolute atomic E-state index is 11.7. The highest BCUT2D eigenvalue weighted by Crippen LogP contribution is 2.44. The minimum absolute atomic E-state index is 0.0131. The Morgan fingerprint density at radius 2 is 2.26 bits per heavy atom. The quantitative estimate of drug-likeness (QED) is 0.555. The molecule has 0 aromatic carbocycles. The predicted molar refractivity (Wildman–Crippen MR) is 67.4 cm³/mol. The summed E-state index contributed by atoms with van der Waals surface area (Å²) in [5.41, 5.74) is 5.81. The monoisotopic (exact) mass is 265 g/mol. The number of fused-ring (bicyclic) bond motifs is 1. The van der Waals surface area contributed by atoms with Crippen LogP contribution in [0, 0.1) is 11.8 Å². The lowest BCUT2D eigenvalue weighted by Crippen LogP contribution is -2.42. The molecule has 0 aliphatic heterocycles. The second-order valence-corrected chi connectivity index (χ2v) is 4.87. The Morgan fingerprint density at radius 3 is 2.95 bits per heavy atom. The van der Waals surface area contributed by atoms with Crippen LogP contribution in [0.15, 0.2) is 11.1 Å². The first-order valence-corrected chi connectivity index (χ1v) is 6.09. The minimum atomic E-state index is -0.375. The van der Waals surface area contributed by atoms with Crippen LogP contribution in [-0.2, 0) is 0 Å². The fraction of sp³-hybridized carbons (Fsp3) is 0.545. The number of anilines is 1. The van der Waals surface area contributed by atoms with Gasteiger partial charge in [-0.15, -0.1) is 0 Å². The first-order valence-electron chi connectivity index (χ1n) is 6.09. The van der Waals surface area contributed by atoms with Crippen LogP contribution in [0.4, 0.5) is 5.95 Å². The van der Waals surface area contributed by atoms with Gasteiger partial charge in [-0.05, 0) is 12.3 Å². The number of H-pyrrole nitrogens is 1. The molecule has 0 saturated heterocycles. The summed E-state index contributed by atoms with van der Waals surface area (Å²) in [6, 6.07) is -0.0131. The lowest BCUT2D eigenvalue weighted by atomic mass is 9.70. The van der Waals surface area contributed by atoms with Crippen LogP contribution in [0.5, 0.6) is 0 Å². The van der Waals surface area contributed by atoms with E-state index in [0.29, 0.717) is 5.65 Å². The largest absolute Gasteiger partial charge is 0.396 e. The average Bonchev–Trinajstić information content (AvgIpc) is 2.73. The molecule has 0 unspecified atom stereocenters. The Kier molecular flexibility index (Phi) is 2.76. The van der Waals surface area contributed by atoms with Gasteiger partial charge in [-0.2, -0.15) is 4.98 Å². The van der Waals surface area contributed by atoms with Crippen molar-refractivity contribution in [2.24, 2.45) is 11.8 Å². The molecule has 3 atom stereocenters. The van der Waals surface area contributed by atoms with Gasteiger partial charge in [0.1, 0.15) is 0 Å². The highest BCUT2D eigenvalue weighted by Gasteiger charge is 2.41. The number of nitrogens with one attached hydrogen (secondary N) is 1. The molecule has 8 heteroatoms. The van der Waals surface area contributed by atoms with E-state index in [0.717, 1.165) is 6.42 Å². The number of nitrogen functional groups attached to an aromatic ring is 1. The van der Waals surface area contributed by atoms with Gasteiger partial charge >= 0.3 is 0 Å². The summed E-state index contributed by atoms with van der Waals surface area (Å²) in [6.45, 7) is 0.0265. The van der Waals surface area contributed by atoms with Crippen LogP contribution in [0.25, 0.3) is 11.2 Å². The van der Waals surface area contributed by atoms with Gasteiger partial charge in [-0.25, -0.2) is 4.98 Å². The van der Waals surface area contributed by atoms with Crippen LogP contribution in [0.2, 0.25) is 0 Å². The Bertz CT molecular complexity index is 664. The van der Waals surface area contributed by atoms with E-state index in [1.54, 1.807) is 4.57 Å². The molecule has 1 aliphatic rings. The van der Waals surface area contributed by atoms with E-state index in [2.05, 4.69) is 15.0 Å². The van der Waals surface area contributed by atoms with E-state index in [9.17, 15) is 15.0 Å². The number of aliphatic hydroxyl groups is 2. The van der Waals surface area contributed by atoms with Crippen molar-refractivity contribution in [3.63, 3.8) is 0 Å². The maximum atomic E-state index is 11.7. The van der Waals surface area contributed by atoms with E-state index in [1.807, 2.05) is 0 Å². The number of rotatable bonds is 3. The zero-order valence-corrected chi connectivity index (χ0v) is 10.2. The first-order chi connectivity index (χ1) is 9.15. The van der Waals surface area contributed by atoms with Crippen molar-refractivity contribution in [3.8, 4) is 0 Å². The third kappa shape index (κ3) is 1.71. The van der Waals surface area contributed by atoms with Crippen LogP contribution < -0.4 is 11.3 Å². The third-order valence-electron chi connectivity index (χ3n) is 3.90. The molecule has 3 rings (SSSR count). The fourth-order valence-electron chi connectivity index (χ4n) is 2.76. The minimum Gasteiger partial charge on any atom is -0.396 e. The first kappa shape index (κ1) is 12.1. The van der Waals surface area contributed by atoms with E-state index in [4.69, 9.17) is 5.73 Å². The standard InChI is InChI=1S/C11H15N5O3/c12-11-14-9-8(10(19)15-11)13-4-16(9)7-1-5(2-17)6(7)3-18/h4-7,17-18H,1-3H2,(H3,12,14,15,19)/t5-,6+,7+/m1/s1. The Balaban J connectivity index is 2.05. The summed E-state index contributed by atoms with van der Waals surface area (Å²) < 4.78 is 1.76. The smallest absolute Gasteiger partial charge is 0.280 e. The molecule has 0 radical (unpaired) electrons. The molecule has 2 aromatic heterocycles. The number of nitrogens with zero attached hydrogens (tertiary/aromatic N) is 3. The number of hydrogen-bond acceptors (Lipinski definition) is 6. The van der Waals surface area contributed by atoms with Crippen LogP contribution in [0.1, 0.15) is 12.5 Å². The topological polar surface area (TPSA) is 130 Å². The number of hydrogen-bond donors (Lipinski definition) is 4. The molecule has 19 heavy (non-hydrogen) atoms. The zero-order chi connectivity index (χ0) is 13.6. The van der Waals surface area contributed by atoms with E-state index in [1.165, 1.54) is 6.33 Å². The molecule has 0 bridgehead atoms. The second-order valence-electron chi connectivity index (χ2n) is 4.87. The molecule has 8 nitrogen and oxygen atoms in total. The van der Waals surface area contributed by atoms with Gasteiger partial charge in [0.05, 0.1) is 6.33 Å². The van der Waals surface area contributed by atoms with E-state index >= 15 is 0 Å². The Morgan fingerprint density at radius 1 is 1.47 bits per heavy atom. The molecule has 0 amide bonds. The molecular weight excluding hydrogens is 250 g/mol. The van der Waals surface area contributed by atoms with Crippen molar-refractivity contribution in [1.82, 2.24) is 19.5 Å². The van der Waals surface area contributed by atoms with Gasteiger partial charge < -0.3 is 20.5 Å². The van der Waals surface area contributed by atoms with Gasteiger partial charge in [-0.3, -0.25) is 9.78 Å². The molecule has 5 N–H and O–H groups in total. The van der Waals surface area contributed by atoms with Gasteiger partial charge in [0, 0.05) is 25.2 Å². The van der Waals surface area contributed by atoms with Gasteiger partial charge in [-0.1, -0.05) is 0 Å². The molecule has 0 spiro atoms. The highest BCUT2D eigenvalue weighted by molar-refractivity contribution is 5.70. The number of aliphatic hydroxyl groups excluding tert-OH is 2. The molecule has 1 aliphatic carbocycles. The molecule has 2 aromatic rings. The SMILES string of the molecule is Nc1nc2c(ncn2[C@H]2C[C@H](CO)[C@@H]2CO)c(=O)[nH]1. The molecule has 2 heterocycles. The summed E-state index contributed by atoms with van der Waals surface area (Å²) in [4.78, 5) is 22.2. The number of aromatic amines is 1. The molecular formula is C11H15N5O3. The highest BCUT2D eigenvalue weighted by atomic mass is 16.3. The Labute approximate surface area is 107 Å². The summed E-state index contributed by atoms with van der Waals surface area (Å²) >= 11 is 0. The number of aromatic nitrogens is 4. The lowest BCUT2D eigenvalue weighted by molar-refractivity contribution is -0.00528. The summed E-state index contributed by atoms with van der Waals surface area (Å²) in [7, 11) is 0. The summed E-state index contributed by atoms with van der Waals surface area (Å²) in [5.74, 6) is 0.0642. The van der Waals surface area contributed by atoms with Gasteiger partial charge in [0.2, 0.25) is 5.95 Å². The normalized spacial score (nSPS) is 26.5. The molecule has 1 fully saturated rings. The van der Waals surface area contributed by atoms with Crippen LogP contribution in [0.3, 0.4) is 0 Å². The van der Waals surface area contributed by atoms with Crippen molar-refractivity contribution in [2.75, 3.05) is 18.9 Å². The van der Waals surface area contributed by atoms with Crippen molar-refractivity contribution in [2.45, 2.75) is 12.5 Å². The fourth-order valence-corrected chi connectivity index (χ4v) is 2.76. The summed E-state index contributed by atoms with van der Waals surface area (Å²) in [6.07, 6.45) is 2.26. The predicted octanol–water partition coefficient (Wildman–Crippen LogP) is -1.14. The van der Waals surface area contributed by atoms with Gasteiger partial charge in [0.25, 0.3) is 5.56 Å². The third-order valence-corrected chi connectivity index (χ3v) is 3.90. The number of nitrogens with two attached hydrogens (primary N) is 1. The van der Waals surface area contributed by atoms with E-state index in [-0.39, 0.29) is 48.1 Å². The molecule has 1 saturated carbocycles. The van der Waals surface area contributed by atoms with Crippen molar-refractivity contribution in [1.29, 1.82) is 0 Å². The average molecular weight is 265 g/mol. The lowest BCUT2D eigenvalue weighted by Gasteiger charge is -2.43. The van der Waals surface area contributed by atoms with E-state index < -0.39 is 0 Å². The van der Waals surface area contributed by atoms with Crippen molar-refractivity contribution >= 4 is 17.1 Å². The van der Waals surface area contributed by atoms with Gasteiger partial charge in [0.15, 0.2) is 11.2 Å². The van der Waals surface area contributed by atoms with Crippen LogP contribution in [-0.4, -0.2) is 42.9 Å². The van der Waals surface area contributed by atoms with Crippen LogP contribution >= 0.6 is 0 Å². The van der Waals surface area contributed by atoms with Crippen molar-refractivity contribution in [3.05, 3.63) is 16.7 Å². The summed E-state index contributed by atoms with van der Waals surface area (Å²) in [5, 5.41) is 18.6.